The van der Waals surface area contributed by atoms with E-state index in [1.165, 1.54) is 0 Å². The minimum Gasteiger partial charge on any atom is -0.494 e. The smallest absolute Gasteiger partial charge is 0.270 e. The van der Waals surface area contributed by atoms with E-state index in [0.717, 1.165) is 11.3 Å². The van der Waals surface area contributed by atoms with Crippen LogP contribution in [0.3, 0.4) is 0 Å². The second-order valence-corrected chi connectivity index (χ2v) is 4.93. The van der Waals surface area contributed by atoms with E-state index in [2.05, 4.69) is 10.3 Å². The van der Waals surface area contributed by atoms with Crippen molar-refractivity contribution in [3.63, 3.8) is 0 Å². The zero-order chi connectivity index (χ0) is 15.2. The van der Waals surface area contributed by atoms with Crippen LogP contribution in [-0.2, 0) is 0 Å². The van der Waals surface area contributed by atoms with Crippen LogP contribution in [0.2, 0.25) is 5.15 Å². The van der Waals surface area contributed by atoms with Crippen molar-refractivity contribution in [2.24, 2.45) is 0 Å². The quantitative estimate of drug-likeness (QED) is 0.858. The summed E-state index contributed by atoms with van der Waals surface area (Å²) in [6.45, 7) is 4.49. The number of amides is 1. The number of aromatic nitrogens is 1. The van der Waals surface area contributed by atoms with Gasteiger partial charge in [-0.3, -0.25) is 4.79 Å². The Bertz CT molecular complexity index is 614. The van der Waals surface area contributed by atoms with Crippen LogP contribution in [-0.4, -0.2) is 17.5 Å². The molecule has 0 fully saturated rings. The van der Waals surface area contributed by atoms with Crippen LogP contribution < -0.4 is 10.1 Å². The normalized spacial score (nSPS) is 11.8. The molecule has 1 N–H and O–H groups in total. The van der Waals surface area contributed by atoms with Gasteiger partial charge in [0, 0.05) is 0 Å². The Morgan fingerprint density at radius 3 is 2.62 bits per heavy atom. The van der Waals surface area contributed by atoms with Crippen molar-refractivity contribution in [3.8, 4) is 5.75 Å². The molecule has 0 bridgehead atoms. The molecule has 0 saturated heterocycles. The first-order valence-electron chi connectivity index (χ1n) is 6.76. The molecule has 110 valence electrons. The maximum absolute atomic E-state index is 12.1. The maximum atomic E-state index is 12.1. The number of pyridine rings is 1. The van der Waals surface area contributed by atoms with Crippen LogP contribution in [0.4, 0.5) is 0 Å². The van der Waals surface area contributed by atoms with Gasteiger partial charge in [0.25, 0.3) is 5.91 Å². The van der Waals surface area contributed by atoms with E-state index in [1.807, 2.05) is 38.1 Å². The summed E-state index contributed by atoms with van der Waals surface area (Å²) in [6.07, 6.45) is 0. The molecule has 1 aromatic heterocycles. The number of carbonyl (C=O) groups excluding carboxylic acids is 1. The molecule has 0 saturated carbocycles. The minimum atomic E-state index is -0.251. The molecule has 0 aliphatic heterocycles. The van der Waals surface area contributed by atoms with Crippen molar-refractivity contribution in [1.29, 1.82) is 0 Å². The summed E-state index contributed by atoms with van der Waals surface area (Å²) >= 11 is 5.78. The third-order valence-corrected chi connectivity index (χ3v) is 3.20. The summed E-state index contributed by atoms with van der Waals surface area (Å²) in [7, 11) is 0. The third kappa shape index (κ3) is 4.20. The maximum Gasteiger partial charge on any atom is 0.270 e. The van der Waals surface area contributed by atoms with E-state index >= 15 is 0 Å². The number of carbonyl (C=O) groups is 1. The summed E-state index contributed by atoms with van der Waals surface area (Å²) < 4.78 is 5.39. The number of nitrogens with one attached hydrogen (secondary N) is 1. The molecule has 1 heterocycles. The molecule has 1 atom stereocenters. The van der Waals surface area contributed by atoms with Gasteiger partial charge in [0.05, 0.1) is 12.6 Å². The van der Waals surface area contributed by atoms with E-state index in [0.29, 0.717) is 17.5 Å². The first-order valence-corrected chi connectivity index (χ1v) is 7.14. The molecule has 0 radical (unpaired) electrons. The molecular formula is C16H17ClN2O2. The fraction of sp³-hybridized carbons (Fsp3) is 0.250. The van der Waals surface area contributed by atoms with Gasteiger partial charge in [-0.25, -0.2) is 4.98 Å². The number of hydrogen-bond donors (Lipinski definition) is 1. The number of hydrogen-bond acceptors (Lipinski definition) is 3. The number of benzene rings is 1. The van der Waals surface area contributed by atoms with Gasteiger partial charge in [-0.1, -0.05) is 29.8 Å². The molecule has 5 heteroatoms. The minimum absolute atomic E-state index is 0.131. The van der Waals surface area contributed by atoms with Crippen LogP contribution in [0.5, 0.6) is 5.75 Å². The summed E-state index contributed by atoms with van der Waals surface area (Å²) in [5, 5.41) is 3.19. The van der Waals surface area contributed by atoms with Crippen molar-refractivity contribution in [1.82, 2.24) is 10.3 Å². The van der Waals surface area contributed by atoms with Crippen LogP contribution in [0.25, 0.3) is 0 Å². The fourth-order valence-corrected chi connectivity index (χ4v) is 2.07. The van der Waals surface area contributed by atoms with Gasteiger partial charge in [0.2, 0.25) is 0 Å². The van der Waals surface area contributed by atoms with Gasteiger partial charge in [-0.05, 0) is 43.7 Å². The summed E-state index contributed by atoms with van der Waals surface area (Å²) in [5.41, 5.74) is 1.30. The van der Waals surface area contributed by atoms with Gasteiger partial charge in [0.1, 0.15) is 16.6 Å². The highest BCUT2D eigenvalue weighted by Gasteiger charge is 2.12. The predicted octanol–water partition coefficient (Wildman–Crippen LogP) is 3.62. The van der Waals surface area contributed by atoms with Gasteiger partial charge >= 0.3 is 0 Å². The summed E-state index contributed by atoms with van der Waals surface area (Å²) in [5.74, 6) is 0.565. The Hall–Kier alpha value is -2.07. The lowest BCUT2D eigenvalue weighted by Crippen LogP contribution is -2.27. The van der Waals surface area contributed by atoms with E-state index in [9.17, 15) is 4.79 Å². The highest BCUT2D eigenvalue weighted by Crippen LogP contribution is 2.18. The Morgan fingerprint density at radius 1 is 1.29 bits per heavy atom. The molecule has 0 aliphatic carbocycles. The molecule has 1 aromatic carbocycles. The van der Waals surface area contributed by atoms with Crippen LogP contribution in [0, 0.1) is 0 Å². The number of nitrogens with zero attached hydrogens (tertiary/aromatic N) is 1. The third-order valence-electron chi connectivity index (χ3n) is 2.99. The van der Waals surface area contributed by atoms with E-state index in [1.54, 1.807) is 18.2 Å². The monoisotopic (exact) mass is 304 g/mol. The molecule has 0 aliphatic rings. The highest BCUT2D eigenvalue weighted by molar-refractivity contribution is 6.29. The van der Waals surface area contributed by atoms with Gasteiger partial charge < -0.3 is 10.1 Å². The van der Waals surface area contributed by atoms with Crippen molar-refractivity contribution < 1.29 is 9.53 Å². The average molecular weight is 305 g/mol. The van der Waals surface area contributed by atoms with E-state index in [4.69, 9.17) is 16.3 Å². The van der Waals surface area contributed by atoms with Gasteiger partial charge in [-0.15, -0.1) is 0 Å². The van der Waals surface area contributed by atoms with Gasteiger partial charge in [0.15, 0.2) is 0 Å². The van der Waals surface area contributed by atoms with Crippen molar-refractivity contribution >= 4 is 17.5 Å². The molecule has 0 spiro atoms. The fourth-order valence-electron chi connectivity index (χ4n) is 1.91. The van der Waals surface area contributed by atoms with Crippen LogP contribution in [0.1, 0.15) is 35.9 Å². The van der Waals surface area contributed by atoms with Gasteiger partial charge in [-0.2, -0.15) is 0 Å². The Balaban J connectivity index is 2.03. The van der Waals surface area contributed by atoms with Crippen LogP contribution in [0.15, 0.2) is 42.5 Å². The number of halogens is 1. The summed E-state index contributed by atoms with van der Waals surface area (Å²) in [4.78, 5) is 16.1. The van der Waals surface area contributed by atoms with Crippen molar-refractivity contribution in [3.05, 3.63) is 58.9 Å². The topological polar surface area (TPSA) is 51.2 Å². The molecule has 1 unspecified atom stereocenters. The lowest BCUT2D eigenvalue weighted by Gasteiger charge is -2.14. The van der Waals surface area contributed by atoms with Crippen molar-refractivity contribution in [2.75, 3.05) is 6.61 Å². The molecule has 2 aromatic rings. The lowest BCUT2D eigenvalue weighted by molar-refractivity contribution is 0.0935. The number of ether oxygens (including phenoxy) is 1. The van der Waals surface area contributed by atoms with Crippen molar-refractivity contribution in [2.45, 2.75) is 19.9 Å². The first kappa shape index (κ1) is 15.3. The first-order chi connectivity index (χ1) is 10.1. The zero-order valence-electron chi connectivity index (χ0n) is 12.0. The molecule has 2 rings (SSSR count). The predicted molar refractivity (Wildman–Crippen MR) is 82.7 cm³/mol. The second kappa shape index (κ2) is 7.09. The Kier molecular flexibility index (Phi) is 5.17. The second-order valence-electron chi connectivity index (χ2n) is 4.54. The highest BCUT2D eigenvalue weighted by atomic mass is 35.5. The Labute approximate surface area is 129 Å². The van der Waals surface area contributed by atoms with E-state index < -0.39 is 0 Å². The number of rotatable bonds is 5. The average Bonchev–Trinajstić information content (AvgIpc) is 2.48. The molecule has 4 nitrogen and oxygen atoms in total. The lowest BCUT2D eigenvalue weighted by atomic mass is 10.1. The molecule has 21 heavy (non-hydrogen) atoms. The SMILES string of the molecule is CCOc1ccc(C(C)NC(=O)c2cccc(Cl)n2)cc1. The van der Waals surface area contributed by atoms with E-state index in [-0.39, 0.29) is 11.9 Å². The summed E-state index contributed by atoms with van der Waals surface area (Å²) in [6, 6.07) is 12.5. The largest absolute Gasteiger partial charge is 0.494 e. The Morgan fingerprint density at radius 2 is 2.00 bits per heavy atom. The molecular weight excluding hydrogens is 288 g/mol. The molecule has 1 amide bonds. The van der Waals surface area contributed by atoms with Crippen LogP contribution >= 0.6 is 11.6 Å². The standard InChI is InChI=1S/C16H17ClN2O2/c1-3-21-13-9-7-12(8-10-13)11(2)18-16(20)14-5-4-6-15(17)19-14/h4-11H,3H2,1-2H3,(H,18,20). The zero-order valence-corrected chi connectivity index (χ0v) is 12.7.